The van der Waals surface area contributed by atoms with Crippen molar-refractivity contribution in [3.8, 4) is 0 Å². The number of thioether (sulfide) groups is 1. The number of urea groups is 1. The third kappa shape index (κ3) is 5.91. The number of rotatable bonds is 8. The van der Waals surface area contributed by atoms with Gasteiger partial charge in [-0.2, -0.15) is 0 Å². The Kier molecular flexibility index (Phi) is 8.03. The van der Waals surface area contributed by atoms with Gasteiger partial charge in [-0.05, 0) is 35.4 Å². The largest absolute Gasteiger partial charge is 0.336 e. The molecule has 1 fully saturated rings. The van der Waals surface area contributed by atoms with Crippen molar-refractivity contribution in [3.63, 3.8) is 0 Å². The van der Waals surface area contributed by atoms with Crippen molar-refractivity contribution in [2.24, 2.45) is 0 Å². The minimum atomic E-state index is -0.128. The van der Waals surface area contributed by atoms with Crippen LogP contribution in [0.25, 0.3) is 6.08 Å². The van der Waals surface area contributed by atoms with Crippen molar-refractivity contribution in [1.29, 1.82) is 0 Å². The second-order valence-corrected chi connectivity index (χ2v) is 9.94. The lowest BCUT2D eigenvalue weighted by Gasteiger charge is -2.37. The van der Waals surface area contributed by atoms with Crippen LogP contribution in [0.15, 0.2) is 55.1 Å². The number of hydrogen-bond acceptors (Lipinski definition) is 2. The van der Waals surface area contributed by atoms with Gasteiger partial charge in [0, 0.05) is 17.0 Å². The predicted molar refractivity (Wildman–Crippen MR) is 131 cm³/mol. The minimum Gasteiger partial charge on any atom is -0.336 e. The first kappa shape index (κ1) is 22.5. The lowest BCUT2D eigenvalue weighted by molar-refractivity contribution is 0.249. The van der Waals surface area contributed by atoms with E-state index >= 15 is 0 Å². The number of hydrogen-bond donors (Lipinski definition) is 2. The van der Waals surface area contributed by atoms with Crippen LogP contribution in [0.4, 0.5) is 10.5 Å². The van der Waals surface area contributed by atoms with Gasteiger partial charge in [-0.1, -0.05) is 94.3 Å². The maximum absolute atomic E-state index is 12.8. The molecule has 0 unspecified atom stereocenters. The van der Waals surface area contributed by atoms with Gasteiger partial charge >= 0.3 is 6.03 Å². The van der Waals surface area contributed by atoms with E-state index < -0.39 is 0 Å². The van der Waals surface area contributed by atoms with Crippen LogP contribution in [0.2, 0.25) is 0 Å². The van der Waals surface area contributed by atoms with E-state index in [0.717, 1.165) is 35.4 Å². The van der Waals surface area contributed by atoms with E-state index in [1.54, 1.807) is 6.08 Å². The van der Waals surface area contributed by atoms with Crippen LogP contribution in [0, 0.1) is 0 Å². The van der Waals surface area contributed by atoms with Crippen LogP contribution in [0.5, 0.6) is 0 Å². The molecule has 2 aromatic rings. The Bertz CT molecular complexity index is 841. The van der Waals surface area contributed by atoms with Gasteiger partial charge in [0.15, 0.2) is 0 Å². The second kappa shape index (κ2) is 10.7. The predicted octanol–water partition coefficient (Wildman–Crippen LogP) is 7.21. The smallest absolute Gasteiger partial charge is 0.319 e. The van der Waals surface area contributed by atoms with E-state index in [1.165, 1.54) is 24.8 Å². The molecule has 0 atom stereocenters. The van der Waals surface area contributed by atoms with Gasteiger partial charge in [-0.3, -0.25) is 0 Å². The lowest BCUT2D eigenvalue weighted by Crippen LogP contribution is -2.43. The van der Waals surface area contributed by atoms with Crippen molar-refractivity contribution in [2.45, 2.75) is 62.4 Å². The van der Waals surface area contributed by atoms with Crippen molar-refractivity contribution < 1.29 is 4.79 Å². The molecule has 0 saturated heterocycles. The number of para-hydroxylation sites is 1. The second-order valence-electron chi connectivity index (χ2n) is 8.50. The third-order valence-electron chi connectivity index (χ3n) is 5.93. The van der Waals surface area contributed by atoms with E-state index in [9.17, 15) is 4.79 Å². The topological polar surface area (TPSA) is 41.1 Å². The summed E-state index contributed by atoms with van der Waals surface area (Å²) in [6, 6.07) is 16.6. The van der Waals surface area contributed by atoms with E-state index in [2.05, 4.69) is 67.5 Å². The van der Waals surface area contributed by atoms with Crippen LogP contribution < -0.4 is 10.6 Å². The molecule has 3 nitrogen and oxygen atoms in total. The maximum atomic E-state index is 12.8. The van der Waals surface area contributed by atoms with E-state index in [-0.39, 0.29) is 10.8 Å². The molecule has 0 heterocycles. The molecule has 0 spiro atoms. The molecule has 0 bridgehead atoms. The Morgan fingerprint density at radius 2 is 1.83 bits per heavy atom. The summed E-state index contributed by atoms with van der Waals surface area (Å²) in [6.07, 6.45) is 7.89. The van der Waals surface area contributed by atoms with E-state index in [4.69, 9.17) is 0 Å². The fraction of sp³-hybridized carbons (Fsp3) is 0.423. The molecule has 4 heteroatoms. The quantitative estimate of drug-likeness (QED) is 0.472. The normalized spacial score (nSPS) is 15.6. The monoisotopic (exact) mass is 422 g/mol. The van der Waals surface area contributed by atoms with Crippen LogP contribution in [-0.4, -0.2) is 17.3 Å². The number of carbonyl (C=O) groups is 1. The van der Waals surface area contributed by atoms with Gasteiger partial charge in [-0.15, -0.1) is 11.8 Å². The maximum Gasteiger partial charge on any atom is 0.319 e. The Morgan fingerprint density at radius 3 is 2.50 bits per heavy atom. The fourth-order valence-electron chi connectivity index (χ4n) is 4.16. The molecule has 0 aliphatic heterocycles. The average Bonchev–Trinajstić information content (AvgIpc) is 2.78. The molecule has 1 aliphatic carbocycles. The summed E-state index contributed by atoms with van der Waals surface area (Å²) in [5.74, 6) is 1.31. The molecule has 0 aromatic heterocycles. The molecular weight excluding hydrogens is 388 g/mol. The first-order valence-electron chi connectivity index (χ1n) is 11.0. The first-order chi connectivity index (χ1) is 14.5. The van der Waals surface area contributed by atoms with Crippen LogP contribution in [0.3, 0.4) is 0 Å². The van der Waals surface area contributed by atoms with E-state index in [0.29, 0.717) is 12.5 Å². The van der Waals surface area contributed by atoms with Gasteiger partial charge in [0.25, 0.3) is 0 Å². The molecular formula is C26H34N2OS. The van der Waals surface area contributed by atoms with Gasteiger partial charge in [-0.25, -0.2) is 4.79 Å². The first-order valence-corrected chi connectivity index (χ1v) is 12.0. The Morgan fingerprint density at radius 1 is 1.10 bits per heavy atom. The van der Waals surface area contributed by atoms with Crippen LogP contribution >= 0.6 is 11.8 Å². The zero-order chi connectivity index (χ0) is 21.4. The van der Waals surface area contributed by atoms with Crippen LogP contribution in [-0.2, 0) is 5.75 Å². The van der Waals surface area contributed by atoms with Gasteiger partial charge < -0.3 is 10.6 Å². The number of carbonyl (C=O) groups excluding carboxylic acids is 1. The highest BCUT2D eigenvalue weighted by Gasteiger charge is 2.33. The van der Waals surface area contributed by atoms with Crippen molar-refractivity contribution in [3.05, 3.63) is 71.8 Å². The molecule has 3 rings (SSSR count). The summed E-state index contributed by atoms with van der Waals surface area (Å²) >= 11 is 2.00. The molecule has 2 aromatic carbocycles. The molecule has 1 saturated carbocycles. The van der Waals surface area contributed by atoms with Gasteiger partial charge in [0.2, 0.25) is 0 Å². The minimum absolute atomic E-state index is 0.115. The zero-order valence-electron chi connectivity index (χ0n) is 18.2. The Balaban J connectivity index is 1.66. The third-order valence-corrected chi connectivity index (χ3v) is 7.58. The van der Waals surface area contributed by atoms with Crippen molar-refractivity contribution in [1.82, 2.24) is 5.32 Å². The Labute approximate surface area is 185 Å². The molecule has 2 N–H and O–H groups in total. The zero-order valence-corrected chi connectivity index (χ0v) is 19.1. The SMILES string of the molecule is C=Cc1cccc(C(C)C)c1NC(=O)NCC1(SCc2ccccc2)CCCCC1. The molecule has 0 radical (unpaired) electrons. The van der Waals surface area contributed by atoms with Gasteiger partial charge in [0.05, 0.1) is 5.69 Å². The highest BCUT2D eigenvalue weighted by molar-refractivity contribution is 7.99. The summed E-state index contributed by atoms with van der Waals surface area (Å²) in [7, 11) is 0. The Hall–Kier alpha value is -2.20. The molecule has 160 valence electrons. The molecule has 1 aliphatic rings. The summed E-state index contributed by atoms with van der Waals surface area (Å²) in [6.45, 7) is 8.89. The lowest BCUT2D eigenvalue weighted by atomic mass is 9.88. The van der Waals surface area contributed by atoms with Crippen molar-refractivity contribution >= 4 is 29.6 Å². The average molecular weight is 423 g/mol. The highest BCUT2D eigenvalue weighted by Crippen LogP contribution is 2.41. The summed E-state index contributed by atoms with van der Waals surface area (Å²) < 4.78 is 0.115. The summed E-state index contributed by atoms with van der Waals surface area (Å²) in [5, 5.41) is 6.30. The summed E-state index contributed by atoms with van der Waals surface area (Å²) in [5.41, 5.74) is 4.31. The molecule has 30 heavy (non-hydrogen) atoms. The number of nitrogens with one attached hydrogen (secondary N) is 2. The highest BCUT2D eigenvalue weighted by atomic mass is 32.2. The fourth-order valence-corrected chi connectivity index (χ4v) is 5.58. The van der Waals surface area contributed by atoms with Crippen LogP contribution in [0.1, 0.15) is 68.6 Å². The van der Waals surface area contributed by atoms with Gasteiger partial charge in [0.1, 0.15) is 0 Å². The number of benzene rings is 2. The summed E-state index contributed by atoms with van der Waals surface area (Å²) in [4.78, 5) is 12.8. The van der Waals surface area contributed by atoms with Crippen molar-refractivity contribution in [2.75, 3.05) is 11.9 Å². The molecule has 2 amide bonds. The van der Waals surface area contributed by atoms with E-state index in [1.807, 2.05) is 23.9 Å². The standard InChI is InChI=1S/C26H34N2OS/c1-4-22-14-11-15-23(20(2)3)24(22)28-25(29)27-19-26(16-9-6-10-17-26)30-18-21-12-7-5-8-13-21/h4-5,7-8,11-15,20H,1,6,9-10,16-19H2,2-3H3,(H2,27,28,29). The number of amides is 2. The number of anilines is 1.